The Morgan fingerprint density at radius 3 is 1.96 bits per heavy atom. The van der Waals surface area contributed by atoms with Crippen molar-refractivity contribution in [3.05, 3.63) is 74.6 Å². The van der Waals surface area contributed by atoms with E-state index < -0.39 is 0 Å². The predicted molar refractivity (Wildman–Crippen MR) is 111 cm³/mol. The van der Waals surface area contributed by atoms with Crippen LogP contribution in [0.4, 0.5) is 5.69 Å². The fourth-order valence-electron chi connectivity index (χ4n) is 2.12. The summed E-state index contributed by atoms with van der Waals surface area (Å²) in [5, 5.41) is 12.5. The van der Waals surface area contributed by atoms with Crippen LogP contribution in [0, 0.1) is 0 Å². The van der Waals surface area contributed by atoms with Crippen LogP contribution in [-0.2, 0) is 0 Å². The van der Waals surface area contributed by atoms with Crippen molar-refractivity contribution in [2.45, 2.75) is 13.8 Å². The molecule has 0 saturated heterocycles. The molecule has 5 nitrogen and oxygen atoms in total. The quantitative estimate of drug-likeness (QED) is 0.475. The number of nitrogens with one attached hydrogen (secondary N) is 2. The minimum absolute atomic E-state index is 0.245. The van der Waals surface area contributed by atoms with Gasteiger partial charge in [0.1, 0.15) is 0 Å². The molecule has 2 N–H and O–H groups in total. The number of thiophene rings is 2. The van der Waals surface area contributed by atoms with Crippen molar-refractivity contribution in [3.8, 4) is 0 Å². The van der Waals surface area contributed by atoms with Crippen molar-refractivity contribution < 1.29 is 4.79 Å². The molecule has 0 bridgehead atoms. The maximum absolute atomic E-state index is 12.2. The number of anilines is 1. The molecule has 0 atom stereocenters. The molecule has 3 aromatic rings. The van der Waals surface area contributed by atoms with Gasteiger partial charge in [-0.1, -0.05) is 12.1 Å². The molecule has 0 aliphatic carbocycles. The van der Waals surface area contributed by atoms with Crippen molar-refractivity contribution in [3.63, 3.8) is 0 Å². The molecule has 0 spiro atoms. The largest absolute Gasteiger partial charge is 0.278 e. The van der Waals surface area contributed by atoms with E-state index in [1.165, 1.54) is 0 Å². The summed E-state index contributed by atoms with van der Waals surface area (Å²) in [6, 6.07) is 15.1. The fraction of sp³-hybridized carbons (Fsp3) is 0.105. The second-order valence-electron chi connectivity index (χ2n) is 5.48. The van der Waals surface area contributed by atoms with Crippen molar-refractivity contribution in [1.29, 1.82) is 0 Å². The third kappa shape index (κ3) is 4.65. The molecule has 1 amide bonds. The molecule has 2 aromatic heterocycles. The molecule has 132 valence electrons. The Labute approximate surface area is 160 Å². The monoisotopic (exact) mass is 382 g/mol. The van der Waals surface area contributed by atoms with Gasteiger partial charge in [0.25, 0.3) is 5.91 Å². The number of rotatable bonds is 6. The van der Waals surface area contributed by atoms with Gasteiger partial charge in [-0.3, -0.25) is 10.2 Å². The van der Waals surface area contributed by atoms with E-state index >= 15 is 0 Å². The van der Waals surface area contributed by atoms with Crippen LogP contribution in [0.5, 0.6) is 0 Å². The van der Waals surface area contributed by atoms with Gasteiger partial charge in [0.2, 0.25) is 0 Å². The average molecular weight is 383 g/mol. The first-order valence-corrected chi connectivity index (χ1v) is 9.72. The molecule has 0 saturated carbocycles. The Hall–Kier alpha value is -2.77. The number of amides is 1. The molecule has 0 aliphatic heterocycles. The Balaban J connectivity index is 1.59. The lowest BCUT2D eigenvalue weighted by Gasteiger charge is -2.04. The molecule has 0 radical (unpaired) electrons. The van der Waals surface area contributed by atoms with Gasteiger partial charge < -0.3 is 0 Å². The molecule has 0 unspecified atom stereocenters. The van der Waals surface area contributed by atoms with E-state index in [-0.39, 0.29) is 5.91 Å². The van der Waals surface area contributed by atoms with Gasteiger partial charge in [-0.15, -0.1) is 22.7 Å². The number of benzene rings is 1. The van der Waals surface area contributed by atoms with Crippen molar-refractivity contribution in [1.82, 2.24) is 5.43 Å². The van der Waals surface area contributed by atoms with Crippen LogP contribution in [-0.4, -0.2) is 17.3 Å². The summed E-state index contributed by atoms with van der Waals surface area (Å²) in [5.41, 5.74) is 8.64. The first-order valence-electron chi connectivity index (χ1n) is 7.96. The number of hydrogen-bond donors (Lipinski definition) is 2. The van der Waals surface area contributed by atoms with Crippen LogP contribution in [0.25, 0.3) is 0 Å². The van der Waals surface area contributed by atoms with Gasteiger partial charge >= 0.3 is 0 Å². The summed E-state index contributed by atoms with van der Waals surface area (Å²) in [7, 11) is 0. The summed E-state index contributed by atoms with van der Waals surface area (Å²) >= 11 is 3.23. The van der Waals surface area contributed by atoms with E-state index in [1.54, 1.807) is 34.8 Å². The van der Waals surface area contributed by atoms with Gasteiger partial charge in [-0.2, -0.15) is 10.2 Å². The van der Waals surface area contributed by atoms with E-state index in [2.05, 4.69) is 21.1 Å². The van der Waals surface area contributed by atoms with Crippen LogP contribution < -0.4 is 10.9 Å². The Morgan fingerprint density at radius 2 is 1.42 bits per heavy atom. The maximum atomic E-state index is 12.2. The van der Waals surface area contributed by atoms with Gasteiger partial charge in [-0.25, -0.2) is 5.43 Å². The summed E-state index contributed by atoms with van der Waals surface area (Å²) in [6.45, 7) is 3.82. The SMILES string of the molecule is C/C(=N/NC(=O)c1ccc(N/N=C(/C)c2cccs2)cc1)c1cccs1. The van der Waals surface area contributed by atoms with E-state index in [0.29, 0.717) is 5.56 Å². The van der Waals surface area contributed by atoms with Crippen molar-refractivity contribution in [2.75, 3.05) is 5.43 Å². The third-order valence-corrected chi connectivity index (χ3v) is 5.54. The molecular formula is C19H18N4OS2. The lowest BCUT2D eigenvalue weighted by Crippen LogP contribution is -2.19. The summed E-state index contributed by atoms with van der Waals surface area (Å²) < 4.78 is 0. The van der Waals surface area contributed by atoms with Crippen LogP contribution >= 0.6 is 22.7 Å². The minimum Gasteiger partial charge on any atom is -0.278 e. The molecule has 0 aliphatic rings. The third-order valence-electron chi connectivity index (χ3n) is 3.58. The highest BCUT2D eigenvalue weighted by atomic mass is 32.1. The molecule has 1 aromatic carbocycles. The highest BCUT2D eigenvalue weighted by molar-refractivity contribution is 7.12. The zero-order chi connectivity index (χ0) is 18.4. The molecule has 7 heteroatoms. The standard InChI is InChI=1S/C19H18N4OS2/c1-13(17-5-3-11-25-17)20-22-16-9-7-15(8-10-16)19(24)23-21-14(2)18-6-4-12-26-18/h3-12,22H,1-2H3,(H,23,24)/b20-13-,21-14-. The van der Waals surface area contributed by atoms with Crippen LogP contribution in [0.2, 0.25) is 0 Å². The number of carbonyl (C=O) groups excluding carboxylic acids is 1. The van der Waals surface area contributed by atoms with Gasteiger partial charge in [0.05, 0.1) is 17.1 Å². The second kappa shape index (κ2) is 8.55. The number of hydrazone groups is 2. The smallest absolute Gasteiger partial charge is 0.271 e. The zero-order valence-electron chi connectivity index (χ0n) is 14.4. The van der Waals surface area contributed by atoms with Crippen molar-refractivity contribution in [2.24, 2.45) is 10.2 Å². The van der Waals surface area contributed by atoms with Crippen LogP contribution in [0.15, 0.2) is 69.5 Å². The predicted octanol–water partition coefficient (Wildman–Crippen LogP) is 4.80. The first kappa shape index (κ1) is 18.0. The van der Waals surface area contributed by atoms with E-state index in [4.69, 9.17) is 0 Å². The lowest BCUT2D eigenvalue weighted by molar-refractivity contribution is 0.0955. The molecular weight excluding hydrogens is 364 g/mol. The van der Waals surface area contributed by atoms with Gasteiger partial charge in [-0.05, 0) is 61.0 Å². The first-order chi connectivity index (χ1) is 12.6. The number of hydrogen-bond acceptors (Lipinski definition) is 6. The Kier molecular flexibility index (Phi) is 5.93. The molecule has 26 heavy (non-hydrogen) atoms. The van der Waals surface area contributed by atoms with E-state index in [9.17, 15) is 4.79 Å². The maximum Gasteiger partial charge on any atom is 0.271 e. The Morgan fingerprint density at radius 1 is 0.846 bits per heavy atom. The fourth-order valence-corrected chi connectivity index (χ4v) is 3.48. The highest BCUT2D eigenvalue weighted by Crippen LogP contribution is 2.13. The number of carbonyl (C=O) groups is 1. The molecule has 3 rings (SSSR count). The topological polar surface area (TPSA) is 65.8 Å². The summed E-state index contributed by atoms with van der Waals surface area (Å²) in [4.78, 5) is 14.3. The number of nitrogens with zero attached hydrogens (tertiary/aromatic N) is 2. The molecule has 2 heterocycles. The van der Waals surface area contributed by atoms with E-state index in [0.717, 1.165) is 26.9 Å². The summed E-state index contributed by atoms with van der Waals surface area (Å²) in [6.07, 6.45) is 0. The van der Waals surface area contributed by atoms with E-state index in [1.807, 2.05) is 61.0 Å². The van der Waals surface area contributed by atoms with Crippen molar-refractivity contribution >= 4 is 45.7 Å². The van der Waals surface area contributed by atoms with Gasteiger partial charge in [0.15, 0.2) is 0 Å². The highest BCUT2D eigenvalue weighted by Gasteiger charge is 2.05. The van der Waals surface area contributed by atoms with Crippen LogP contribution in [0.1, 0.15) is 34.0 Å². The molecule has 0 fully saturated rings. The Bertz CT molecular complexity index is 911. The van der Waals surface area contributed by atoms with Crippen LogP contribution in [0.3, 0.4) is 0 Å². The minimum atomic E-state index is -0.245. The lowest BCUT2D eigenvalue weighted by atomic mass is 10.2. The zero-order valence-corrected chi connectivity index (χ0v) is 16.0. The summed E-state index contributed by atoms with van der Waals surface area (Å²) in [5.74, 6) is -0.245. The van der Waals surface area contributed by atoms with Gasteiger partial charge in [0, 0.05) is 15.3 Å². The average Bonchev–Trinajstić information content (AvgIpc) is 3.38. The normalized spacial score (nSPS) is 12.1. The second-order valence-corrected chi connectivity index (χ2v) is 7.37.